The highest BCUT2D eigenvalue weighted by Crippen LogP contribution is 2.27. The average molecular weight is 383 g/mol. The molecule has 4 rings (SSSR count). The van der Waals surface area contributed by atoms with E-state index in [1.165, 1.54) is 16.9 Å². The van der Waals surface area contributed by atoms with Crippen LogP contribution in [-0.2, 0) is 6.42 Å². The van der Waals surface area contributed by atoms with Crippen LogP contribution in [0.5, 0.6) is 0 Å². The SMILES string of the molecule is C#Cc1nc(C(=O)NCCc2ccc(-c3cccc4ncccc34)cc2)cs1. The van der Waals surface area contributed by atoms with Gasteiger partial charge in [0, 0.05) is 23.5 Å². The smallest absolute Gasteiger partial charge is 0.270 e. The van der Waals surface area contributed by atoms with Crippen LogP contribution in [0, 0.1) is 12.3 Å². The lowest BCUT2D eigenvalue weighted by atomic mass is 9.99. The summed E-state index contributed by atoms with van der Waals surface area (Å²) in [5.41, 5.74) is 4.83. The highest BCUT2D eigenvalue weighted by molar-refractivity contribution is 7.10. The molecule has 0 aliphatic rings. The number of terminal acetylenes is 1. The Kier molecular flexibility index (Phi) is 5.14. The van der Waals surface area contributed by atoms with E-state index in [1.807, 2.05) is 24.4 Å². The van der Waals surface area contributed by atoms with Crippen molar-refractivity contribution in [3.63, 3.8) is 0 Å². The topological polar surface area (TPSA) is 54.9 Å². The van der Waals surface area contributed by atoms with Gasteiger partial charge in [-0.25, -0.2) is 4.98 Å². The van der Waals surface area contributed by atoms with Crippen LogP contribution in [0.4, 0.5) is 0 Å². The van der Waals surface area contributed by atoms with E-state index >= 15 is 0 Å². The van der Waals surface area contributed by atoms with Gasteiger partial charge in [-0.05, 0) is 41.2 Å². The van der Waals surface area contributed by atoms with Crippen LogP contribution in [0.15, 0.2) is 66.2 Å². The second-order valence-electron chi connectivity index (χ2n) is 6.26. The van der Waals surface area contributed by atoms with E-state index in [9.17, 15) is 4.79 Å². The molecule has 4 nitrogen and oxygen atoms in total. The molecule has 1 N–H and O–H groups in total. The predicted octanol–water partition coefficient (Wildman–Crippen LogP) is 4.31. The minimum absolute atomic E-state index is 0.197. The first-order valence-electron chi connectivity index (χ1n) is 8.88. The summed E-state index contributed by atoms with van der Waals surface area (Å²) in [5.74, 6) is 2.24. The Balaban J connectivity index is 1.41. The maximum atomic E-state index is 12.1. The summed E-state index contributed by atoms with van der Waals surface area (Å²) in [6, 6.07) is 18.6. The molecule has 5 heteroatoms. The lowest BCUT2D eigenvalue weighted by Crippen LogP contribution is -2.25. The molecule has 2 aromatic carbocycles. The van der Waals surface area contributed by atoms with Crippen LogP contribution in [0.3, 0.4) is 0 Å². The number of thiazole rings is 1. The lowest BCUT2D eigenvalue weighted by molar-refractivity contribution is 0.0950. The Bertz CT molecular complexity index is 1170. The number of aromatic nitrogens is 2. The van der Waals surface area contributed by atoms with E-state index in [-0.39, 0.29) is 5.91 Å². The van der Waals surface area contributed by atoms with Crippen molar-refractivity contribution in [3.8, 4) is 23.5 Å². The molecular formula is C23H17N3OS. The van der Waals surface area contributed by atoms with E-state index in [4.69, 9.17) is 6.42 Å². The van der Waals surface area contributed by atoms with Crippen molar-refractivity contribution < 1.29 is 4.79 Å². The van der Waals surface area contributed by atoms with Crippen molar-refractivity contribution in [3.05, 3.63) is 82.4 Å². The Morgan fingerprint density at radius 3 is 2.75 bits per heavy atom. The second kappa shape index (κ2) is 8.03. The second-order valence-corrected chi connectivity index (χ2v) is 7.12. The van der Waals surface area contributed by atoms with Crippen molar-refractivity contribution in [1.82, 2.24) is 15.3 Å². The molecule has 4 aromatic rings. The van der Waals surface area contributed by atoms with Crippen molar-refractivity contribution in [2.45, 2.75) is 6.42 Å². The lowest BCUT2D eigenvalue weighted by Gasteiger charge is -2.08. The van der Waals surface area contributed by atoms with E-state index in [1.54, 1.807) is 5.38 Å². The average Bonchev–Trinajstić information content (AvgIpc) is 3.23. The minimum atomic E-state index is -0.197. The van der Waals surface area contributed by atoms with Gasteiger partial charge in [0.25, 0.3) is 5.91 Å². The van der Waals surface area contributed by atoms with Crippen LogP contribution in [0.25, 0.3) is 22.0 Å². The first-order valence-corrected chi connectivity index (χ1v) is 9.76. The first kappa shape index (κ1) is 17.9. The summed E-state index contributed by atoms with van der Waals surface area (Å²) >= 11 is 1.30. The first-order chi connectivity index (χ1) is 13.7. The van der Waals surface area contributed by atoms with Gasteiger partial charge in [-0.2, -0.15) is 0 Å². The molecule has 0 radical (unpaired) electrons. The molecule has 2 aromatic heterocycles. The molecule has 0 unspecified atom stereocenters. The monoisotopic (exact) mass is 383 g/mol. The number of nitrogens with one attached hydrogen (secondary N) is 1. The Hall–Kier alpha value is -3.49. The molecule has 0 fully saturated rings. The van der Waals surface area contributed by atoms with E-state index < -0.39 is 0 Å². The maximum Gasteiger partial charge on any atom is 0.270 e. The highest BCUT2D eigenvalue weighted by atomic mass is 32.1. The maximum absolute atomic E-state index is 12.1. The van der Waals surface area contributed by atoms with Crippen LogP contribution in [0.2, 0.25) is 0 Å². The zero-order chi connectivity index (χ0) is 19.3. The summed E-state index contributed by atoms with van der Waals surface area (Å²) in [5, 5.41) is 6.22. The van der Waals surface area contributed by atoms with Crippen molar-refractivity contribution >= 4 is 28.1 Å². The molecule has 0 atom stereocenters. The molecule has 0 saturated carbocycles. The summed E-state index contributed by atoms with van der Waals surface area (Å²) in [6.45, 7) is 0.541. The van der Waals surface area contributed by atoms with Crippen molar-refractivity contribution in [2.24, 2.45) is 0 Å². The standard InChI is InChI=1S/C23H17N3OS/c1-2-22-26-21(15-28-22)23(27)25-14-12-16-8-10-17(11-9-16)18-5-3-7-20-19(18)6-4-13-24-20/h1,3-11,13,15H,12,14H2,(H,25,27). The highest BCUT2D eigenvalue weighted by Gasteiger charge is 2.09. The molecule has 0 bridgehead atoms. The number of carbonyl (C=O) groups is 1. The van der Waals surface area contributed by atoms with Gasteiger partial charge in [0.1, 0.15) is 5.69 Å². The minimum Gasteiger partial charge on any atom is -0.350 e. The number of rotatable bonds is 5. The molecule has 0 aliphatic heterocycles. The number of pyridine rings is 1. The largest absolute Gasteiger partial charge is 0.350 e. The van der Waals surface area contributed by atoms with E-state index in [2.05, 4.69) is 57.6 Å². The van der Waals surface area contributed by atoms with Gasteiger partial charge in [-0.1, -0.05) is 42.5 Å². The van der Waals surface area contributed by atoms with Crippen LogP contribution in [0.1, 0.15) is 21.1 Å². The zero-order valence-corrected chi connectivity index (χ0v) is 15.9. The molecule has 0 aliphatic carbocycles. The van der Waals surface area contributed by atoms with Gasteiger partial charge in [0.2, 0.25) is 0 Å². The molecule has 2 heterocycles. The van der Waals surface area contributed by atoms with Crippen LogP contribution < -0.4 is 5.32 Å². The zero-order valence-electron chi connectivity index (χ0n) is 15.1. The fourth-order valence-corrected chi connectivity index (χ4v) is 3.66. The van der Waals surface area contributed by atoms with Gasteiger partial charge in [-0.3, -0.25) is 9.78 Å². The molecule has 1 amide bonds. The predicted molar refractivity (Wildman–Crippen MR) is 113 cm³/mol. The fourth-order valence-electron chi connectivity index (χ4n) is 3.06. The fraction of sp³-hybridized carbons (Fsp3) is 0.0870. The number of fused-ring (bicyclic) bond motifs is 1. The number of nitrogens with zero attached hydrogens (tertiary/aromatic N) is 2. The number of benzene rings is 2. The molecular weight excluding hydrogens is 366 g/mol. The molecule has 136 valence electrons. The molecule has 0 spiro atoms. The normalized spacial score (nSPS) is 10.5. The van der Waals surface area contributed by atoms with Crippen LogP contribution >= 0.6 is 11.3 Å². The van der Waals surface area contributed by atoms with E-state index in [0.717, 1.165) is 28.5 Å². The van der Waals surface area contributed by atoms with Gasteiger partial charge < -0.3 is 5.32 Å². The third kappa shape index (κ3) is 3.78. The van der Waals surface area contributed by atoms with Gasteiger partial charge in [0.15, 0.2) is 5.01 Å². The third-order valence-electron chi connectivity index (χ3n) is 4.47. The summed E-state index contributed by atoms with van der Waals surface area (Å²) < 4.78 is 0. The molecule has 28 heavy (non-hydrogen) atoms. The van der Waals surface area contributed by atoms with E-state index in [0.29, 0.717) is 17.2 Å². The number of hydrogen-bond donors (Lipinski definition) is 1. The Morgan fingerprint density at radius 1 is 1.11 bits per heavy atom. The number of amides is 1. The van der Waals surface area contributed by atoms with Crippen molar-refractivity contribution in [1.29, 1.82) is 0 Å². The number of carbonyl (C=O) groups excluding carboxylic acids is 1. The number of hydrogen-bond acceptors (Lipinski definition) is 4. The molecule has 0 saturated heterocycles. The van der Waals surface area contributed by atoms with Gasteiger partial charge in [0.05, 0.1) is 5.52 Å². The van der Waals surface area contributed by atoms with Gasteiger partial charge >= 0.3 is 0 Å². The Morgan fingerprint density at radius 2 is 1.96 bits per heavy atom. The van der Waals surface area contributed by atoms with Crippen LogP contribution in [-0.4, -0.2) is 22.4 Å². The third-order valence-corrected chi connectivity index (χ3v) is 5.24. The quantitative estimate of drug-likeness (QED) is 0.523. The van der Waals surface area contributed by atoms with Crippen molar-refractivity contribution in [2.75, 3.05) is 6.54 Å². The summed E-state index contributed by atoms with van der Waals surface area (Å²) in [6.07, 6.45) is 7.84. The summed E-state index contributed by atoms with van der Waals surface area (Å²) in [7, 11) is 0. The van der Waals surface area contributed by atoms with Gasteiger partial charge in [-0.15, -0.1) is 17.8 Å². The Labute approximate surface area is 167 Å². The summed E-state index contributed by atoms with van der Waals surface area (Å²) in [4.78, 5) is 20.6.